The fourth-order valence-electron chi connectivity index (χ4n) is 4.50. The summed E-state index contributed by atoms with van der Waals surface area (Å²) in [5.74, 6) is -4.81. The van der Waals surface area contributed by atoms with Crippen LogP contribution in [-0.2, 0) is 0 Å². The monoisotopic (exact) mass is 414 g/mol. The number of hydrogen-bond donors (Lipinski definition) is 4. The predicted molar refractivity (Wildman–Crippen MR) is 121 cm³/mol. The summed E-state index contributed by atoms with van der Waals surface area (Å²) in [4.78, 5) is 0. The first-order valence-corrected chi connectivity index (χ1v) is 12.9. The van der Waals surface area contributed by atoms with Crippen LogP contribution in [0.3, 0.4) is 0 Å². The standard InChI is InChI=1S/C25H50O4/c26-24(27)22-20-18-16-14-12-10-8-6-4-2-1-3-5-7-9-11-13-15-17-19-21-23-25(24,28)29/h26-29H,1-23H2. The van der Waals surface area contributed by atoms with Crippen molar-refractivity contribution < 1.29 is 20.4 Å². The molecule has 1 aliphatic carbocycles. The molecular weight excluding hydrogens is 364 g/mol. The zero-order valence-corrected chi connectivity index (χ0v) is 19.1. The van der Waals surface area contributed by atoms with E-state index in [1.54, 1.807) is 0 Å². The van der Waals surface area contributed by atoms with Crippen LogP contribution in [-0.4, -0.2) is 32.0 Å². The van der Waals surface area contributed by atoms with Crippen molar-refractivity contribution in [2.24, 2.45) is 0 Å². The fraction of sp³-hybridized carbons (Fsp3) is 1.00. The van der Waals surface area contributed by atoms with Crippen molar-refractivity contribution >= 4 is 0 Å². The molecule has 174 valence electrons. The second-order valence-corrected chi connectivity index (χ2v) is 9.56. The molecular formula is C25H50O4. The van der Waals surface area contributed by atoms with Crippen LogP contribution < -0.4 is 0 Å². The van der Waals surface area contributed by atoms with Crippen LogP contribution in [0.25, 0.3) is 0 Å². The molecule has 0 amide bonds. The molecule has 0 aromatic heterocycles. The van der Waals surface area contributed by atoms with Crippen molar-refractivity contribution in [2.45, 2.75) is 159 Å². The Morgan fingerprint density at radius 1 is 0.241 bits per heavy atom. The second-order valence-electron chi connectivity index (χ2n) is 9.56. The van der Waals surface area contributed by atoms with E-state index in [4.69, 9.17) is 0 Å². The van der Waals surface area contributed by atoms with Crippen molar-refractivity contribution in [3.63, 3.8) is 0 Å². The highest BCUT2D eigenvalue weighted by Crippen LogP contribution is 2.29. The largest absolute Gasteiger partial charge is 0.361 e. The molecule has 4 heteroatoms. The summed E-state index contributed by atoms with van der Waals surface area (Å²) in [6.07, 6.45) is 25.2. The molecule has 1 fully saturated rings. The molecule has 0 aliphatic heterocycles. The maximum atomic E-state index is 10.1. The Labute approximate surface area is 180 Å². The van der Waals surface area contributed by atoms with Crippen LogP contribution in [0.4, 0.5) is 0 Å². The van der Waals surface area contributed by atoms with Gasteiger partial charge in [0.15, 0.2) is 0 Å². The Hall–Kier alpha value is -0.160. The molecule has 1 rings (SSSR count). The number of rotatable bonds is 0. The minimum Gasteiger partial charge on any atom is -0.361 e. The van der Waals surface area contributed by atoms with Crippen molar-refractivity contribution in [2.75, 3.05) is 0 Å². The summed E-state index contributed by atoms with van der Waals surface area (Å²) in [5.41, 5.74) is 0. The highest BCUT2D eigenvalue weighted by Gasteiger charge is 2.45. The van der Waals surface area contributed by atoms with Crippen LogP contribution in [0.15, 0.2) is 0 Å². The minimum atomic E-state index is -2.40. The van der Waals surface area contributed by atoms with E-state index in [2.05, 4.69) is 0 Å². The molecule has 0 atom stereocenters. The first kappa shape index (κ1) is 26.9. The van der Waals surface area contributed by atoms with Gasteiger partial charge in [-0.1, -0.05) is 122 Å². The molecule has 1 aliphatic rings. The SMILES string of the molecule is OC1(O)CCCCCCCCCCCCCCCCCCCCCCCC1(O)O. The van der Waals surface area contributed by atoms with E-state index in [1.165, 1.54) is 96.3 Å². The van der Waals surface area contributed by atoms with Gasteiger partial charge in [0.25, 0.3) is 0 Å². The maximum absolute atomic E-state index is 10.1. The highest BCUT2D eigenvalue weighted by molar-refractivity contribution is 4.82. The van der Waals surface area contributed by atoms with Crippen molar-refractivity contribution in [3.8, 4) is 0 Å². The molecule has 0 radical (unpaired) electrons. The van der Waals surface area contributed by atoms with Gasteiger partial charge in [-0.2, -0.15) is 0 Å². The topological polar surface area (TPSA) is 80.9 Å². The van der Waals surface area contributed by atoms with Crippen LogP contribution in [0.5, 0.6) is 0 Å². The Morgan fingerprint density at radius 3 is 0.552 bits per heavy atom. The van der Waals surface area contributed by atoms with E-state index in [9.17, 15) is 20.4 Å². The molecule has 0 saturated heterocycles. The van der Waals surface area contributed by atoms with Gasteiger partial charge >= 0.3 is 0 Å². The summed E-state index contributed by atoms with van der Waals surface area (Å²) in [5, 5.41) is 40.6. The first-order chi connectivity index (χ1) is 14.0. The average molecular weight is 415 g/mol. The van der Waals surface area contributed by atoms with Crippen LogP contribution >= 0.6 is 0 Å². The normalized spacial score (nSPS) is 26.1. The maximum Gasteiger partial charge on any atom is 0.218 e. The zero-order valence-electron chi connectivity index (χ0n) is 19.1. The van der Waals surface area contributed by atoms with Gasteiger partial charge in [0, 0.05) is 12.8 Å². The van der Waals surface area contributed by atoms with E-state index >= 15 is 0 Å². The lowest BCUT2D eigenvalue weighted by Crippen LogP contribution is -2.54. The van der Waals surface area contributed by atoms with E-state index < -0.39 is 11.6 Å². The van der Waals surface area contributed by atoms with Crippen molar-refractivity contribution in [3.05, 3.63) is 0 Å². The molecule has 4 nitrogen and oxygen atoms in total. The third kappa shape index (κ3) is 13.7. The molecule has 4 N–H and O–H groups in total. The Balaban J connectivity index is 2.30. The van der Waals surface area contributed by atoms with Gasteiger partial charge in [-0.25, -0.2) is 0 Å². The zero-order chi connectivity index (χ0) is 21.3. The predicted octanol–water partition coefficient (Wildman–Crippen LogP) is 6.33. The molecule has 0 unspecified atom stereocenters. The molecule has 0 spiro atoms. The summed E-state index contributed by atoms with van der Waals surface area (Å²) >= 11 is 0. The van der Waals surface area contributed by atoms with Gasteiger partial charge in [-0.05, 0) is 12.8 Å². The molecule has 1 saturated carbocycles. The third-order valence-electron chi connectivity index (χ3n) is 6.69. The third-order valence-corrected chi connectivity index (χ3v) is 6.69. The smallest absolute Gasteiger partial charge is 0.218 e. The lowest BCUT2D eigenvalue weighted by molar-refractivity contribution is -0.361. The van der Waals surface area contributed by atoms with E-state index in [0.29, 0.717) is 12.8 Å². The summed E-state index contributed by atoms with van der Waals surface area (Å²) in [6, 6.07) is 0. The lowest BCUT2D eigenvalue weighted by Gasteiger charge is -2.35. The molecule has 29 heavy (non-hydrogen) atoms. The summed E-state index contributed by atoms with van der Waals surface area (Å²) in [6.45, 7) is 0. The van der Waals surface area contributed by atoms with E-state index in [-0.39, 0.29) is 12.8 Å². The Kier molecular flexibility index (Phi) is 15.3. The van der Waals surface area contributed by atoms with Crippen LogP contribution in [0.2, 0.25) is 0 Å². The summed E-state index contributed by atoms with van der Waals surface area (Å²) < 4.78 is 0. The van der Waals surface area contributed by atoms with Gasteiger partial charge in [0.2, 0.25) is 11.6 Å². The minimum absolute atomic E-state index is 0.0278. The molecule has 0 aromatic rings. The molecule has 0 heterocycles. The van der Waals surface area contributed by atoms with Crippen molar-refractivity contribution in [1.29, 1.82) is 0 Å². The quantitative estimate of drug-likeness (QED) is 0.349. The van der Waals surface area contributed by atoms with Crippen LogP contribution in [0.1, 0.15) is 148 Å². The van der Waals surface area contributed by atoms with E-state index in [0.717, 1.165) is 25.7 Å². The van der Waals surface area contributed by atoms with Gasteiger partial charge in [-0.3, -0.25) is 0 Å². The number of hydrogen-bond acceptors (Lipinski definition) is 4. The average Bonchev–Trinajstić information content (AvgIpc) is 2.67. The highest BCUT2D eigenvalue weighted by atomic mass is 16.6. The van der Waals surface area contributed by atoms with Crippen molar-refractivity contribution in [1.82, 2.24) is 0 Å². The van der Waals surface area contributed by atoms with Gasteiger partial charge in [0.05, 0.1) is 0 Å². The molecule has 0 bridgehead atoms. The van der Waals surface area contributed by atoms with Gasteiger partial charge < -0.3 is 20.4 Å². The van der Waals surface area contributed by atoms with E-state index in [1.807, 2.05) is 0 Å². The fourth-order valence-corrected chi connectivity index (χ4v) is 4.50. The Bertz CT molecular complexity index is 334. The lowest BCUT2D eigenvalue weighted by atomic mass is 9.93. The second kappa shape index (κ2) is 16.5. The van der Waals surface area contributed by atoms with Gasteiger partial charge in [0.1, 0.15) is 0 Å². The van der Waals surface area contributed by atoms with Gasteiger partial charge in [-0.15, -0.1) is 0 Å². The molecule has 0 aromatic carbocycles. The first-order valence-electron chi connectivity index (χ1n) is 12.9. The Morgan fingerprint density at radius 2 is 0.379 bits per heavy atom. The van der Waals surface area contributed by atoms with Crippen LogP contribution in [0, 0.1) is 0 Å². The number of aliphatic hydroxyl groups is 4. The summed E-state index contributed by atoms with van der Waals surface area (Å²) in [7, 11) is 0.